The molecule has 1 heterocycles. The van der Waals surface area contributed by atoms with E-state index in [9.17, 15) is 18.0 Å². The van der Waals surface area contributed by atoms with E-state index in [1.54, 1.807) is 31.5 Å². The number of aromatic nitrogens is 2. The number of halogens is 3. The Kier molecular flexibility index (Phi) is 7.19. The molecule has 0 saturated carbocycles. The van der Waals surface area contributed by atoms with Gasteiger partial charge in [-0.05, 0) is 69.0 Å². The number of hydrogen-bond acceptors (Lipinski definition) is 4. The molecule has 0 fully saturated rings. The minimum absolute atomic E-state index is 0.183. The summed E-state index contributed by atoms with van der Waals surface area (Å²) in [4.78, 5) is 14.9. The first kappa shape index (κ1) is 23.3. The van der Waals surface area contributed by atoms with Gasteiger partial charge < -0.3 is 15.0 Å². The molecule has 2 aromatic carbocycles. The van der Waals surface area contributed by atoms with Gasteiger partial charge >= 0.3 is 6.18 Å². The van der Waals surface area contributed by atoms with Gasteiger partial charge in [0.1, 0.15) is 5.75 Å². The van der Waals surface area contributed by atoms with Crippen LogP contribution >= 0.6 is 0 Å². The molecule has 0 bridgehead atoms. The van der Waals surface area contributed by atoms with E-state index in [-0.39, 0.29) is 11.6 Å². The molecule has 9 heteroatoms. The number of nitrogens with zero attached hydrogens (tertiary/aromatic N) is 3. The van der Waals surface area contributed by atoms with Gasteiger partial charge in [-0.3, -0.25) is 4.79 Å². The average molecular weight is 446 g/mol. The fourth-order valence-corrected chi connectivity index (χ4v) is 3.16. The molecule has 0 atom stereocenters. The number of ether oxygens (including phenoxy) is 1. The summed E-state index contributed by atoms with van der Waals surface area (Å²) >= 11 is 0. The minimum atomic E-state index is -4.42. The van der Waals surface area contributed by atoms with Gasteiger partial charge in [0.05, 0.1) is 18.4 Å². The van der Waals surface area contributed by atoms with Crippen LogP contribution in [-0.4, -0.2) is 54.9 Å². The Bertz CT molecular complexity index is 1060. The Balaban J connectivity index is 1.95. The standard InChI is InChI=1S/C23H25F3N4O2/c1-29(2)13-5-12-27-22(31)21-20(16-6-4-7-19(14-16)32-3)15-30(28-21)18-10-8-17(9-11-18)23(24,25)26/h4,6-11,14-15H,5,12-13H2,1-3H3,(H,27,31). The number of carbonyl (C=O) groups excluding carboxylic acids is 1. The zero-order chi connectivity index (χ0) is 23.3. The summed E-state index contributed by atoms with van der Waals surface area (Å²) < 4.78 is 45.4. The van der Waals surface area contributed by atoms with Crippen LogP contribution in [0.4, 0.5) is 13.2 Å². The summed E-state index contributed by atoms with van der Waals surface area (Å²) in [7, 11) is 5.45. The monoisotopic (exact) mass is 446 g/mol. The van der Waals surface area contributed by atoms with E-state index in [4.69, 9.17) is 4.74 Å². The molecule has 0 aliphatic heterocycles. The third-order valence-electron chi connectivity index (χ3n) is 4.84. The zero-order valence-corrected chi connectivity index (χ0v) is 18.1. The summed E-state index contributed by atoms with van der Waals surface area (Å²) in [6, 6.07) is 11.8. The molecule has 1 amide bonds. The molecule has 0 saturated heterocycles. The highest BCUT2D eigenvalue weighted by Gasteiger charge is 2.30. The quantitative estimate of drug-likeness (QED) is 0.526. The maximum atomic E-state index is 12.9. The van der Waals surface area contributed by atoms with Crippen LogP contribution in [-0.2, 0) is 6.18 Å². The van der Waals surface area contributed by atoms with Gasteiger partial charge in [-0.15, -0.1) is 0 Å². The number of amides is 1. The predicted molar refractivity (Wildman–Crippen MR) is 116 cm³/mol. The van der Waals surface area contributed by atoms with Crippen molar-refractivity contribution in [2.75, 3.05) is 34.3 Å². The second-order valence-electron chi connectivity index (χ2n) is 7.53. The highest BCUT2D eigenvalue weighted by Crippen LogP contribution is 2.31. The summed E-state index contributed by atoms with van der Waals surface area (Å²) in [6.07, 6.45) is -2.02. The number of nitrogens with one attached hydrogen (secondary N) is 1. The fraction of sp³-hybridized carbons (Fsp3) is 0.304. The first-order valence-corrected chi connectivity index (χ1v) is 10.0. The van der Waals surface area contributed by atoms with Crippen LogP contribution in [0.5, 0.6) is 5.75 Å². The van der Waals surface area contributed by atoms with Crippen molar-refractivity contribution in [3.8, 4) is 22.6 Å². The van der Waals surface area contributed by atoms with Crippen LogP contribution in [0.15, 0.2) is 54.7 Å². The maximum Gasteiger partial charge on any atom is 0.416 e. The first-order chi connectivity index (χ1) is 15.2. The molecule has 3 rings (SSSR count). The lowest BCUT2D eigenvalue weighted by Gasteiger charge is -2.10. The van der Waals surface area contributed by atoms with Crippen LogP contribution in [0.25, 0.3) is 16.8 Å². The molecule has 0 aliphatic rings. The Morgan fingerprint density at radius 1 is 1.16 bits per heavy atom. The number of methoxy groups -OCH3 is 1. The highest BCUT2D eigenvalue weighted by atomic mass is 19.4. The molecule has 1 aromatic heterocycles. The third kappa shape index (κ3) is 5.67. The molecular weight excluding hydrogens is 421 g/mol. The van der Waals surface area contributed by atoms with Crippen molar-refractivity contribution in [3.05, 3.63) is 66.0 Å². The van der Waals surface area contributed by atoms with Crippen LogP contribution in [0.3, 0.4) is 0 Å². The lowest BCUT2D eigenvalue weighted by molar-refractivity contribution is -0.137. The number of carbonyl (C=O) groups is 1. The lowest BCUT2D eigenvalue weighted by atomic mass is 10.1. The molecule has 0 unspecified atom stereocenters. The summed E-state index contributed by atoms with van der Waals surface area (Å²) in [5.74, 6) is 0.259. The number of rotatable bonds is 8. The van der Waals surface area contributed by atoms with Crippen LogP contribution in [0, 0.1) is 0 Å². The molecule has 0 aliphatic carbocycles. The minimum Gasteiger partial charge on any atom is -0.497 e. The van der Waals surface area contributed by atoms with Gasteiger partial charge in [0.15, 0.2) is 5.69 Å². The Labute approximate surface area is 184 Å². The second-order valence-corrected chi connectivity index (χ2v) is 7.53. The van der Waals surface area contributed by atoms with E-state index in [2.05, 4.69) is 10.4 Å². The number of alkyl halides is 3. The molecule has 3 aromatic rings. The molecule has 1 N–H and O–H groups in total. The molecule has 0 spiro atoms. The van der Waals surface area contributed by atoms with Crippen molar-refractivity contribution in [2.45, 2.75) is 12.6 Å². The summed E-state index contributed by atoms with van der Waals surface area (Å²) in [6.45, 7) is 1.30. The van der Waals surface area contributed by atoms with Gasteiger partial charge in [0.25, 0.3) is 5.91 Å². The van der Waals surface area contributed by atoms with Gasteiger partial charge in [-0.25, -0.2) is 4.68 Å². The van der Waals surface area contributed by atoms with Crippen LogP contribution in [0.1, 0.15) is 22.5 Å². The van der Waals surface area contributed by atoms with E-state index in [0.717, 1.165) is 25.1 Å². The van der Waals surface area contributed by atoms with Crippen LogP contribution < -0.4 is 10.1 Å². The van der Waals surface area contributed by atoms with E-state index in [1.165, 1.54) is 16.8 Å². The molecule has 170 valence electrons. The smallest absolute Gasteiger partial charge is 0.416 e. The number of benzene rings is 2. The van der Waals surface area contributed by atoms with Crippen molar-refractivity contribution in [3.63, 3.8) is 0 Å². The predicted octanol–water partition coefficient (Wildman–Crippen LogP) is 4.25. The van der Waals surface area contributed by atoms with Crippen molar-refractivity contribution in [1.29, 1.82) is 0 Å². The van der Waals surface area contributed by atoms with Crippen molar-refractivity contribution >= 4 is 5.91 Å². The van der Waals surface area contributed by atoms with Crippen molar-refractivity contribution in [2.24, 2.45) is 0 Å². The Morgan fingerprint density at radius 3 is 2.50 bits per heavy atom. The highest BCUT2D eigenvalue weighted by molar-refractivity contribution is 5.99. The maximum absolute atomic E-state index is 12.9. The molecule has 32 heavy (non-hydrogen) atoms. The van der Waals surface area contributed by atoms with Crippen LogP contribution in [0.2, 0.25) is 0 Å². The lowest BCUT2D eigenvalue weighted by Crippen LogP contribution is -2.28. The van der Waals surface area contributed by atoms with Gasteiger partial charge in [-0.2, -0.15) is 18.3 Å². The van der Waals surface area contributed by atoms with E-state index in [1.807, 2.05) is 25.1 Å². The SMILES string of the molecule is COc1cccc(-c2cn(-c3ccc(C(F)(F)F)cc3)nc2C(=O)NCCCN(C)C)c1. The summed E-state index contributed by atoms with van der Waals surface area (Å²) in [5, 5.41) is 7.26. The molecular formula is C23H25F3N4O2. The fourth-order valence-electron chi connectivity index (χ4n) is 3.16. The van der Waals surface area contributed by atoms with E-state index < -0.39 is 11.7 Å². The largest absolute Gasteiger partial charge is 0.497 e. The number of hydrogen-bond donors (Lipinski definition) is 1. The van der Waals surface area contributed by atoms with Gasteiger partial charge in [-0.1, -0.05) is 12.1 Å². The average Bonchev–Trinajstić information content (AvgIpc) is 3.21. The zero-order valence-electron chi connectivity index (χ0n) is 18.1. The van der Waals surface area contributed by atoms with Gasteiger partial charge in [0, 0.05) is 18.3 Å². The second kappa shape index (κ2) is 9.86. The van der Waals surface area contributed by atoms with Crippen molar-refractivity contribution in [1.82, 2.24) is 20.0 Å². The molecule has 6 nitrogen and oxygen atoms in total. The Morgan fingerprint density at radius 2 is 1.88 bits per heavy atom. The molecule has 0 radical (unpaired) electrons. The Hall–Kier alpha value is -3.33. The topological polar surface area (TPSA) is 59.4 Å². The van der Waals surface area contributed by atoms with Crippen molar-refractivity contribution < 1.29 is 22.7 Å². The third-order valence-corrected chi connectivity index (χ3v) is 4.84. The normalized spacial score (nSPS) is 11.6. The van der Waals surface area contributed by atoms with Gasteiger partial charge in [0.2, 0.25) is 0 Å². The van der Waals surface area contributed by atoms with E-state index >= 15 is 0 Å². The van der Waals surface area contributed by atoms with E-state index in [0.29, 0.717) is 29.1 Å². The first-order valence-electron chi connectivity index (χ1n) is 10.0. The summed E-state index contributed by atoms with van der Waals surface area (Å²) in [5.41, 5.74) is 1.10.